The summed E-state index contributed by atoms with van der Waals surface area (Å²) in [5, 5.41) is 14.0. The van der Waals surface area contributed by atoms with Crippen molar-refractivity contribution < 1.29 is 32.9 Å². The normalized spacial score (nSPS) is 13.6. The second-order valence-corrected chi connectivity index (χ2v) is 28.8. The molecule has 0 radical (unpaired) electrons. The van der Waals surface area contributed by atoms with Crippen molar-refractivity contribution in [2.75, 3.05) is 40.9 Å². The lowest BCUT2D eigenvalue weighted by molar-refractivity contribution is -0.870. The van der Waals surface area contributed by atoms with Crippen LogP contribution < -0.4 is 5.32 Å². The molecule has 0 saturated heterocycles. The lowest BCUT2D eigenvalue weighted by atomic mass is 10.0. The van der Waals surface area contributed by atoms with Crippen LogP contribution in [0.5, 0.6) is 0 Å². The highest BCUT2D eigenvalue weighted by Gasteiger charge is 2.28. The van der Waals surface area contributed by atoms with Crippen LogP contribution in [0.3, 0.4) is 0 Å². The van der Waals surface area contributed by atoms with E-state index >= 15 is 0 Å². The van der Waals surface area contributed by atoms with Crippen molar-refractivity contribution in [1.82, 2.24) is 5.32 Å². The predicted molar refractivity (Wildman–Crippen MR) is 365 cm³/mol. The van der Waals surface area contributed by atoms with E-state index in [-0.39, 0.29) is 19.1 Å². The molecule has 3 N–H and O–H groups in total. The molecule has 0 aliphatic rings. The Morgan fingerprint density at radius 2 is 0.639 bits per heavy atom. The van der Waals surface area contributed by atoms with Crippen molar-refractivity contribution in [1.29, 1.82) is 0 Å². The molecule has 0 heterocycles. The molecule has 0 fully saturated rings. The monoisotopic (exact) mass is 1190 g/mol. The first-order valence-electron chi connectivity index (χ1n) is 37.6. The van der Waals surface area contributed by atoms with Crippen molar-refractivity contribution in [3.63, 3.8) is 0 Å². The lowest BCUT2D eigenvalue weighted by Gasteiger charge is -2.25. The summed E-state index contributed by atoms with van der Waals surface area (Å²) < 4.78 is 23.9. The van der Waals surface area contributed by atoms with E-state index in [0.29, 0.717) is 17.4 Å². The SMILES string of the molecule is CCCCCCCCCCCCCCCCCCCCCCCCCCC/C=C/C(O)C(COP(=O)(O)OCC[N+](C)(C)C)NC(=O)CCCCCCCCCCCCCCCCCCCCCCCCCCCCCCCCCCCC. The molecule has 1 amide bonds. The summed E-state index contributed by atoms with van der Waals surface area (Å²) in [4.78, 5) is 23.5. The van der Waals surface area contributed by atoms with Crippen molar-refractivity contribution >= 4 is 13.7 Å². The first-order chi connectivity index (χ1) is 40.5. The molecule has 83 heavy (non-hydrogen) atoms. The summed E-state index contributed by atoms with van der Waals surface area (Å²) in [6.07, 6.45) is 85.3. The minimum absolute atomic E-state index is 0.0656. The number of rotatable bonds is 71. The van der Waals surface area contributed by atoms with E-state index < -0.39 is 20.0 Å². The molecule has 0 aliphatic heterocycles. The van der Waals surface area contributed by atoms with Gasteiger partial charge in [0.2, 0.25) is 5.91 Å². The topological polar surface area (TPSA) is 105 Å². The van der Waals surface area contributed by atoms with E-state index in [2.05, 4.69) is 19.2 Å². The largest absolute Gasteiger partial charge is 0.472 e. The standard InChI is InChI=1S/C74H149N2O6P/c1-6-8-10-12-14-16-18-20-22-24-26-28-30-32-34-35-36-37-38-39-40-42-44-46-48-50-52-54-56-58-60-62-64-66-68-74(78)75-72(71-82-83(79,80)81-70-69-76(3,4)5)73(77)67-65-63-61-59-57-55-53-51-49-47-45-43-41-33-31-29-27-25-23-21-19-17-15-13-11-9-7-2/h65,67,72-73,77H,6-64,66,68-71H2,1-5H3,(H-,75,78,79,80)/p+1/b67-65+. The molecule has 0 aromatic carbocycles. The zero-order valence-electron chi connectivity index (χ0n) is 57.0. The molecular formula is C74H150N2O6P+. The number of allylic oxidation sites excluding steroid dienone is 1. The van der Waals surface area contributed by atoms with Gasteiger partial charge in [-0.05, 0) is 19.3 Å². The number of phosphoric ester groups is 1. The van der Waals surface area contributed by atoms with E-state index in [1.165, 1.54) is 353 Å². The number of phosphoric acid groups is 1. The smallest absolute Gasteiger partial charge is 0.387 e. The summed E-state index contributed by atoms with van der Waals surface area (Å²) in [7, 11) is 1.60. The van der Waals surface area contributed by atoms with Gasteiger partial charge in [0.05, 0.1) is 39.9 Å². The van der Waals surface area contributed by atoms with E-state index in [0.717, 1.165) is 32.1 Å². The number of nitrogens with zero attached hydrogens (tertiary/aromatic N) is 1. The number of amides is 1. The maximum atomic E-state index is 13.1. The maximum Gasteiger partial charge on any atom is 0.472 e. The molecule has 3 atom stereocenters. The quantitative estimate of drug-likeness (QED) is 0.0243. The van der Waals surface area contributed by atoms with Gasteiger partial charge >= 0.3 is 7.82 Å². The Hall–Kier alpha value is -0.760. The van der Waals surface area contributed by atoms with Crippen LogP contribution in [0.15, 0.2) is 12.2 Å². The number of hydrogen-bond acceptors (Lipinski definition) is 5. The van der Waals surface area contributed by atoms with Gasteiger partial charge in [0.1, 0.15) is 13.2 Å². The van der Waals surface area contributed by atoms with Crippen molar-refractivity contribution in [3.05, 3.63) is 12.2 Å². The van der Waals surface area contributed by atoms with Crippen molar-refractivity contribution in [2.24, 2.45) is 0 Å². The maximum absolute atomic E-state index is 13.1. The average molecular weight is 1190 g/mol. The highest BCUT2D eigenvalue weighted by Crippen LogP contribution is 2.43. The van der Waals surface area contributed by atoms with Crippen molar-refractivity contribution in [3.8, 4) is 0 Å². The number of carbonyl (C=O) groups is 1. The number of nitrogens with one attached hydrogen (secondary N) is 1. The molecule has 0 aromatic heterocycles. The molecule has 0 aliphatic carbocycles. The third kappa shape index (κ3) is 68.6. The molecule has 8 nitrogen and oxygen atoms in total. The van der Waals surface area contributed by atoms with Crippen LogP contribution >= 0.6 is 7.82 Å². The van der Waals surface area contributed by atoms with Crippen LogP contribution in [0.2, 0.25) is 0 Å². The Morgan fingerprint density at radius 3 is 0.892 bits per heavy atom. The fourth-order valence-corrected chi connectivity index (χ4v) is 12.7. The fraction of sp³-hybridized carbons (Fsp3) is 0.959. The number of likely N-dealkylation sites (N-methyl/N-ethyl adjacent to an activating group) is 1. The summed E-state index contributed by atoms with van der Waals surface area (Å²) in [6.45, 7) is 4.90. The molecule has 0 aromatic rings. The fourth-order valence-electron chi connectivity index (χ4n) is 11.9. The van der Waals surface area contributed by atoms with E-state index in [1.54, 1.807) is 6.08 Å². The molecule has 3 unspecified atom stereocenters. The number of carbonyl (C=O) groups excluding carboxylic acids is 1. The minimum Gasteiger partial charge on any atom is -0.387 e. The van der Waals surface area contributed by atoms with Crippen LogP contribution in [0, 0.1) is 0 Å². The number of aliphatic hydroxyl groups excluding tert-OH is 1. The molecule has 9 heteroatoms. The third-order valence-corrected chi connectivity index (χ3v) is 18.7. The highest BCUT2D eigenvalue weighted by atomic mass is 31.2. The first kappa shape index (κ1) is 82.2. The molecule has 0 bridgehead atoms. The van der Waals surface area contributed by atoms with E-state index in [4.69, 9.17) is 9.05 Å². The van der Waals surface area contributed by atoms with Gasteiger partial charge in [0, 0.05) is 6.42 Å². The van der Waals surface area contributed by atoms with Crippen LogP contribution in [-0.2, 0) is 18.4 Å². The summed E-state index contributed by atoms with van der Waals surface area (Å²) in [5.74, 6) is -0.166. The summed E-state index contributed by atoms with van der Waals surface area (Å²) in [6, 6.07) is -0.844. The molecule has 0 rings (SSSR count). The first-order valence-corrected chi connectivity index (χ1v) is 39.1. The van der Waals surface area contributed by atoms with Crippen LogP contribution in [0.1, 0.15) is 406 Å². The zero-order chi connectivity index (χ0) is 60.5. The Morgan fingerprint density at radius 1 is 0.398 bits per heavy atom. The Kier molecular flexibility index (Phi) is 65.1. The van der Waals surface area contributed by atoms with Crippen molar-refractivity contribution in [2.45, 2.75) is 418 Å². The number of quaternary nitrogens is 1. The van der Waals surface area contributed by atoms with Crippen LogP contribution in [0.25, 0.3) is 0 Å². The number of unbranched alkanes of at least 4 members (excludes halogenated alkanes) is 58. The van der Waals surface area contributed by atoms with Crippen LogP contribution in [-0.4, -0.2) is 73.4 Å². The number of hydrogen-bond donors (Lipinski definition) is 3. The van der Waals surface area contributed by atoms with Gasteiger partial charge < -0.3 is 19.8 Å². The Labute approximate surface area is 520 Å². The predicted octanol–water partition coefficient (Wildman–Crippen LogP) is 24.1. The van der Waals surface area contributed by atoms with Gasteiger partial charge in [0.25, 0.3) is 0 Å². The van der Waals surface area contributed by atoms with Crippen LogP contribution in [0.4, 0.5) is 0 Å². The third-order valence-electron chi connectivity index (χ3n) is 17.8. The number of aliphatic hydroxyl groups is 1. The van der Waals surface area contributed by atoms with Gasteiger partial charge in [-0.3, -0.25) is 13.8 Å². The van der Waals surface area contributed by atoms with Gasteiger partial charge in [-0.2, -0.15) is 0 Å². The molecule has 0 spiro atoms. The second kappa shape index (κ2) is 65.7. The molecular weight excluding hydrogens is 1040 g/mol. The van der Waals surface area contributed by atoms with Gasteiger partial charge in [-0.1, -0.05) is 392 Å². The van der Waals surface area contributed by atoms with Gasteiger partial charge in [0.15, 0.2) is 0 Å². The minimum atomic E-state index is -4.35. The molecule has 0 saturated carbocycles. The van der Waals surface area contributed by atoms with E-state index in [1.807, 2.05) is 27.2 Å². The van der Waals surface area contributed by atoms with Gasteiger partial charge in [-0.25, -0.2) is 4.57 Å². The highest BCUT2D eigenvalue weighted by molar-refractivity contribution is 7.47. The molecule has 496 valence electrons. The summed E-state index contributed by atoms with van der Waals surface area (Å²) >= 11 is 0. The Bertz CT molecular complexity index is 1360. The Balaban J connectivity index is 3.96. The lowest BCUT2D eigenvalue weighted by Crippen LogP contribution is -2.45. The van der Waals surface area contributed by atoms with E-state index in [9.17, 15) is 19.4 Å². The second-order valence-electron chi connectivity index (χ2n) is 27.4. The zero-order valence-corrected chi connectivity index (χ0v) is 57.9. The van der Waals surface area contributed by atoms with Gasteiger partial charge in [-0.15, -0.1) is 0 Å². The average Bonchev–Trinajstić information content (AvgIpc) is 3.49. The summed E-state index contributed by atoms with van der Waals surface area (Å²) in [5.41, 5.74) is 0.